The Kier molecular flexibility index (Phi) is 5.40. The molecule has 1 saturated heterocycles. The Labute approximate surface area is 122 Å². The molecule has 112 valence electrons. The fourth-order valence-electron chi connectivity index (χ4n) is 2.82. The SMILES string of the molecule is CNCC1CN(C(C)c2cc(C)ccc2OC)CCO1. The number of benzene rings is 1. The van der Waals surface area contributed by atoms with Crippen molar-refractivity contribution < 1.29 is 9.47 Å². The van der Waals surface area contributed by atoms with E-state index in [1.165, 1.54) is 11.1 Å². The second-order valence-electron chi connectivity index (χ2n) is 5.47. The third-order valence-electron chi connectivity index (χ3n) is 3.99. The van der Waals surface area contributed by atoms with E-state index in [9.17, 15) is 0 Å². The molecular weight excluding hydrogens is 252 g/mol. The number of morpholine rings is 1. The quantitative estimate of drug-likeness (QED) is 0.893. The van der Waals surface area contributed by atoms with Crippen LogP contribution in [0.1, 0.15) is 24.1 Å². The Hall–Kier alpha value is -1.10. The Balaban J connectivity index is 2.13. The van der Waals surface area contributed by atoms with E-state index < -0.39 is 0 Å². The van der Waals surface area contributed by atoms with Crippen molar-refractivity contribution in [2.75, 3.05) is 40.4 Å². The van der Waals surface area contributed by atoms with Crippen LogP contribution < -0.4 is 10.1 Å². The van der Waals surface area contributed by atoms with Crippen LogP contribution in [0, 0.1) is 6.92 Å². The molecule has 0 aromatic heterocycles. The Morgan fingerprint density at radius 2 is 2.30 bits per heavy atom. The normalized spacial score (nSPS) is 21.7. The zero-order valence-electron chi connectivity index (χ0n) is 13.0. The smallest absolute Gasteiger partial charge is 0.123 e. The van der Waals surface area contributed by atoms with Crippen LogP contribution in [0.25, 0.3) is 0 Å². The third-order valence-corrected chi connectivity index (χ3v) is 3.99. The van der Waals surface area contributed by atoms with Crippen LogP contribution in [0.5, 0.6) is 5.75 Å². The van der Waals surface area contributed by atoms with Crippen molar-refractivity contribution in [2.24, 2.45) is 0 Å². The number of nitrogens with one attached hydrogen (secondary N) is 1. The Morgan fingerprint density at radius 1 is 1.50 bits per heavy atom. The first-order chi connectivity index (χ1) is 9.65. The molecule has 1 aromatic carbocycles. The number of methoxy groups -OCH3 is 1. The molecule has 0 saturated carbocycles. The van der Waals surface area contributed by atoms with Crippen LogP contribution in [0.3, 0.4) is 0 Å². The van der Waals surface area contributed by atoms with Gasteiger partial charge in [-0.15, -0.1) is 0 Å². The summed E-state index contributed by atoms with van der Waals surface area (Å²) in [5, 5.41) is 3.19. The molecule has 2 unspecified atom stereocenters. The molecule has 20 heavy (non-hydrogen) atoms. The maximum Gasteiger partial charge on any atom is 0.123 e. The Morgan fingerprint density at radius 3 is 3.00 bits per heavy atom. The summed E-state index contributed by atoms with van der Waals surface area (Å²) in [7, 11) is 3.71. The van der Waals surface area contributed by atoms with E-state index >= 15 is 0 Å². The van der Waals surface area contributed by atoms with Crippen LogP contribution in [0.4, 0.5) is 0 Å². The number of likely N-dealkylation sites (N-methyl/N-ethyl adjacent to an activating group) is 1. The average Bonchev–Trinajstić information content (AvgIpc) is 2.47. The summed E-state index contributed by atoms with van der Waals surface area (Å²) in [6.45, 7) is 7.99. The number of rotatable bonds is 5. The highest BCUT2D eigenvalue weighted by Crippen LogP contribution is 2.31. The van der Waals surface area contributed by atoms with Gasteiger partial charge in [-0.05, 0) is 27.0 Å². The largest absolute Gasteiger partial charge is 0.496 e. The summed E-state index contributed by atoms with van der Waals surface area (Å²) in [5.74, 6) is 0.972. The van der Waals surface area contributed by atoms with Crippen molar-refractivity contribution in [3.63, 3.8) is 0 Å². The summed E-state index contributed by atoms with van der Waals surface area (Å²) in [6, 6.07) is 6.73. The van der Waals surface area contributed by atoms with Gasteiger partial charge >= 0.3 is 0 Å². The van der Waals surface area contributed by atoms with Crippen LogP contribution in [-0.2, 0) is 4.74 Å². The van der Waals surface area contributed by atoms with Gasteiger partial charge in [0.25, 0.3) is 0 Å². The molecular formula is C16H26N2O2. The van der Waals surface area contributed by atoms with Gasteiger partial charge in [0.1, 0.15) is 5.75 Å². The lowest BCUT2D eigenvalue weighted by Gasteiger charge is -2.37. The van der Waals surface area contributed by atoms with Crippen LogP contribution in [0.15, 0.2) is 18.2 Å². The van der Waals surface area contributed by atoms with Crippen LogP contribution >= 0.6 is 0 Å². The summed E-state index contributed by atoms with van der Waals surface area (Å²) in [5.41, 5.74) is 2.53. The highest BCUT2D eigenvalue weighted by atomic mass is 16.5. The molecule has 4 heteroatoms. The molecule has 0 bridgehead atoms. The van der Waals surface area contributed by atoms with Crippen LogP contribution in [-0.4, -0.2) is 51.4 Å². The molecule has 1 aromatic rings. The molecule has 0 aliphatic carbocycles. The van der Waals surface area contributed by atoms with Crippen molar-refractivity contribution in [2.45, 2.75) is 26.0 Å². The molecule has 2 rings (SSSR count). The second-order valence-corrected chi connectivity index (χ2v) is 5.47. The van der Waals surface area contributed by atoms with Gasteiger partial charge in [-0.3, -0.25) is 4.90 Å². The maximum absolute atomic E-state index is 5.78. The van der Waals surface area contributed by atoms with Gasteiger partial charge in [0.2, 0.25) is 0 Å². The minimum Gasteiger partial charge on any atom is -0.496 e. The van der Waals surface area contributed by atoms with Gasteiger partial charge in [0.05, 0.1) is 19.8 Å². The van der Waals surface area contributed by atoms with Gasteiger partial charge < -0.3 is 14.8 Å². The van der Waals surface area contributed by atoms with Crippen molar-refractivity contribution in [1.82, 2.24) is 10.2 Å². The third kappa shape index (κ3) is 3.51. The number of hydrogen-bond donors (Lipinski definition) is 1. The molecule has 0 radical (unpaired) electrons. The van der Waals surface area contributed by atoms with E-state index in [0.717, 1.165) is 32.0 Å². The molecule has 1 aliphatic heterocycles. The number of hydrogen-bond acceptors (Lipinski definition) is 4. The standard InChI is InChI=1S/C16H26N2O2/c1-12-5-6-16(19-4)15(9-12)13(2)18-7-8-20-14(11-18)10-17-3/h5-6,9,13-14,17H,7-8,10-11H2,1-4H3. The van der Waals surface area contributed by atoms with Crippen molar-refractivity contribution in [3.05, 3.63) is 29.3 Å². The highest BCUT2D eigenvalue weighted by molar-refractivity contribution is 5.39. The van der Waals surface area contributed by atoms with Gasteiger partial charge in [-0.25, -0.2) is 0 Å². The van der Waals surface area contributed by atoms with E-state index in [1.807, 2.05) is 7.05 Å². The minimum absolute atomic E-state index is 0.270. The van der Waals surface area contributed by atoms with E-state index in [1.54, 1.807) is 7.11 Å². The lowest BCUT2D eigenvalue weighted by atomic mass is 10.0. The maximum atomic E-state index is 5.78. The number of aryl methyl sites for hydroxylation is 1. The van der Waals surface area contributed by atoms with Gasteiger partial charge in [0, 0.05) is 31.2 Å². The highest BCUT2D eigenvalue weighted by Gasteiger charge is 2.26. The summed E-state index contributed by atoms with van der Waals surface area (Å²) in [6.07, 6.45) is 0.270. The molecule has 4 nitrogen and oxygen atoms in total. The predicted molar refractivity (Wildman–Crippen MR) is 81.4 cm³/mol. The van der Waals surface area contributed by atoms with Crippen molar-refractivity contribution in [3.8, 4) is 5.75 Å². The lowest BCUT2D eigenvalue weighted by molar-refractivity contribution is -0.0395. The molecule has 1 fully saturated rings. The molecule has 1 aliphatic rings. The first-order valence-electron chi connectivity index (χ1n) is 7.30. The second kappa shape index (κ2) is 7.07. The number of nitrogens with zero attached hydrogens (tertiary/aromatic N) is 1. The van der Waals surface area contributed by atoms with Gasteiger partial charge in [-0.2, -0.15) is 0 Å². The first-order valence-corrected chi connectivity index (χ1v) is 7.30. The average molecular weight is 278 g/mol. The monoisotopic (exact) mass is 278 g/mol. The van der Waals surface area contributed by atoms with Crippen molar-refractivity contribution in [1.29, 1.82) is 0 Å². The minimum atomic E-state index is 0.270. The zero-order chi connectivity index (χ0) is 14.5. The number of ether oxygens (including phenoxy) is 2. The molecule has 1 heterocycles. The summed E-state index contributed by atoms with van der Waals surface area (Å²) >= 11 is 0. The Bertz CT molecular complexity index is 434. The van der Waals surface area contributed by atoms with E-state index in [0.29, 0.717) is 6.04 Å². The van der Waals surface area contributed by atoms with E-state index in [2.05, 4.69) is 42.3 Å². The lowest BCUT2D eigenvalue weighted by Crippen LogP contribution is -2.47. The summed E-state index contributed by atoms with van der Waals surface area (Å²) < 4.78 is 11.3. The van der Waals surface area contributed by atoms with Crippen LogP contribution in [0.2, 0.25) is 0 Å². The van der Waals surface area contributed by atoms with E-state index in [-0.39, 0.29) is 6.10 Å². The van der Waals surface area contributed by atoms with Crippen molar-refractivity contribution >= 4 is 0 Å². The molecule has 2 atom stereocenters. The van der Waals surface area contributed by atoms with Gasteiger partial charge in [0.15, 0.2) is 0 Å². The molecule has 1 N–H and O–H groups in total. The van der Waals surface area contributed by atoms with E-state index in [4.69, 9.17) is 9.47 Å². The first kappa shape index (κ1) is 15.3. The fourth-order valence-corrected chi connectivity index (χ4v) is 2.82. The fraction of sp³-hybridized carbons (Fsp3) is 0.625. The topological polar surface area (TPSA) is 33.7 Å². The zero-order valence-corrected chi connectivity index (χ0v) is 13.0. The molecule has 0 amide bonds. The van der Waals surface area contributed by atoms with Gasteiger partial charge in [-0.1, -0.05) is 17.7 Å². The predicted octanol–water partition coefficient (Wildman–Crippen LogP) is 1.98. The molecule has 0 spiro atoms. The summed E-state index contributed by atoms with van der Waals surface area (Å²) in [4.78, 5) is 2.48.